The summed E-state index contributed by atoms with van der Waals surface area (Å²) in [6.07, 6.45) is 1.77. The van der Waals surface area contributed by atoms with Crippen molar-refractivity contribution >= 4 is 23.7 Å². The fourth-order valence-electron chi connectivity index (χ4n) is 3.33. The van der Waals surface area contributed by atoms with E-state index in [1.807, 2.05) is 13.8 Å². The number of rotatable bonds is 18. The van der Waals surface area contributed by atoms with Gasteiger partial charge in [0.1, 0.15) is 18.1 Å². The molecule has 0 saturated carbocycles. The Balaban J connectivity index is 5.39. The molecular weight excluding hydrogens is 444 g/mol. The van der Waals surface area contributed by atoms with Gasteiger partial charge in [-0.05, 0) is 70.9 Å². The van der Waals surface area contributed by atoms with Crippen LogP contribution < -0.4 is 33.2 Å². The number of nitrogens with two attached hydrogens (primary N) is 3. The first-order chi connectivity index (χ1) is 15.9. The molecule has 0 aliphatic carbocycles. The summed E-state index contributed by atoms with van der Waals surface area (Å²) < 4.78 is 0. The number of hydrogen-bond acceptors (Lipinski definition) is 8. The Bertz CT molecular complexity index is 645. The number of carbonyl (C=O) groups excluding carboxylic acids is 3. The maximum absolute atomic E-state index is 12.9. The van der Waals surface area contributed by atoms with E-state index in [-0.39, 0.29) is 18.8 Å². The molecule has 0 aromatic heterocycles. The van der Waals surface area contributed by atoms with E-state index in [4.69, 9.17) is 17.2 Å². The Morgan fingerprint density at radius 3 is 1.71 bits per heavy atom. The van der Waals surface area contributed by atoms with Crippen LogP contribution in [0.2, 0.25) is 0 Å². The SMILES string of the molecule is CC(C)CC(N)C(=O)NC(C(=O)NC(CCCCN)C(=O)NC(CCCCN)C(=O)O)C(C)O. The van der Waals surface area contributed by atoms with Crippen LogP contribution in [-0.2, 0) is 19.2 Å². The lowest BCUT2D eigenvalue weighted by Crippen LogP contribution is -2.59. The van der Waals surface area contributed by atoms with Gasteiger partial charge in [0, 0.05) is 0 Å². The van der Waals surface area contributed by atoms with E-state index < -0.39 is 54.0 Å². The minimum atomic E-state index is -1.34. The lowest BCUT2D eigenvalue weighted by Gasteiger charge is -2.26. The van der Waals surface area contributed by atoms with E-state index in [9.17, 15) is 29.4 Å². The third kappa shape index (κ3) is 12.8. The zero-order valence-electron chi connectivity index (χ0n) is 20.6. The lowest BCUT2D eigenvalue weighted by molar-refractivity contribution is -0.142. The Morgan fingerprint density at radius 2 is 1.26 bits per heavy atom. The topological polar surface area (TPSA) is 223 Å². The van der Waals surface area contributed by atoms with Crippen LogP contribution >= 0.6 is 0 Å². The molecule has 0 bridgehead atoms. The van der Waals surface area contributed by atoms with Gasteiger partial charge in [-0.1, -0.05) is 13.8 Å². The predicted molar refractivity (Wildman–Crippen MR) is 128 cm³/mol. The number of hydrogen-bond donors (Lipinski definition) is 8. The first kappa shape index (κ1) is 31.7. The Hall–Kier alpha value is -2.28. The summed E-state index contributed by atoms with van der Waals surface area (Å²) in [5, 5.41) is 26.9. The fourth-order valence-corrected chi connectivity index (χ4v) is 3.33. The van der Waals surface area contributed by atoms with Crippen LogP contribution in [0.1, 0.15) is 65.7 Å². The smallest absolute Gasteiger partial charge is 0.326 e. The average molecular weight is 489 g/mol. The van der Waals surface area contributed by atoms with Crippen LogP contribution in [0, 0.1) is 5.92 Å². The molecule has 5 atom stereocenters. The lowest BCUT2D eigenvalue weighted by atomic mass is 10.0. The van der Waals surface area contributed by atoms with Gasteiger partial charge in [-0.15, -0.1) is 0 Å². The number of aliphatic carboxylic acids is 1. The number of aliphatic hydroxyl groups excluding tert-OH is 1. The van der Waals surface area contributed by atoms with E-state index >= 15 is 0 Å². The molecule has 0 aliphatic rings. The summed E-state index contributed by atoms with van der Waals surface area (Å²) in [6, 6.07) is -4.40. The number of amides is 3. The second kappa shape index (κ2) is 17.2. The Labute approximate surface area is 201 Å². The Kier molecular flexibility index (Phi) is 16.0. The van der Waals surface area contributed by atoms with Gasteiger partial charge in [-0.3, -0.25) is 14.4 Å². The number of unbranched alkanes of at least 4 members (excludes halogenated alkanes) is 2. The molecule has 12 nitrogen and oxygen atoms in total. The molecule has 0 rings (SSSR count). The van der Waals surface area contributed by atoms with Crippen molar-refractivity contribution in [3.05, 3.63) is 0 Å². The average Bonchev–Trinajstić information content (AvgIpc) is 2.74. The highest BCUT2D eigenvalue weighted by Gasteiger charge is 2.32. The van der Waals surface area contributed by atoms with Gasteiger partial charge in [-0.25, -0.2) is 4.79 Å². The quantitative estimate of drug-likeness (QED) is 0.105. The van der Waals surface area contributed by atoms with Gasteiger partial charge in [0.05, 0.1) is 12.1 Å². The van der Waals surface area contributed by atoms with E-state index in [0.29, 0.717) is 45.2 Å². The summed E-state index contributed by atoms with van der Waals surface area (Å²) >= 11 is 0. The van der Waals surface area contributed by atoms with Crippen molar-refractivity contribution in [3.8, 4) is 0 Å². The maximum Gasteiger partial charge on any atom is 0.326 e. The summed E-state index contributed by atoms with van der Waals surface area (Å²) in [4.78, 5) is 49.7. The normalized spacial score (nSPS) is 15.6. The van der Waals surface area contributed by atoms with Crippen LogP contribution in [0.3, 0.4) is 0 Å². The first-order valence-electron chi connectivity index (χ1n) is 11.9. The molecule has 3 amide bonds. The van der Waals surface area contributed by atoms with Crippen molar-refractivity contribution in [2.45, 2.75) is 96.0 Å². The van der Waals surface area contributed by atoms with Crippen LogP contribution in [-0.4, -0.2) is 77.3 Å². The molecule has 0 fully saturated rings. The molecule has 12 heteroatoms. The summed E-state index contributed by atoms with van der Waals surface area (Å²) in [6.45, 7) is 5.93. The van der Waals surface area contributed by atoms with E-state index in [1.54, 1.807) is 0 Å². The molecule has 34 heavy (non-hydrogen) atoms. The van der Waals surface area contributed by atoms with Gasteiger partial charge in [0.25, 0.3) is 0 Å². The zero-order valence-corrected chi connectivity index (χ0v) is 20.6. The fraction of sp³-hybridized carbons (Fsp3) is 0.818. The van der Waals surface area contributed by atoms with E-state index in [2.05, 4.69) is 16.0 Å². The van der Waals surface area contributed by atoms with Crippen molar-refractivity contribution in [3.63, 3.8) is 0 Å². The highest BCUT2D eigenvalue weighted by molar-refractivity contribution is 5.94. The van der Waals surface area contributed by atoms with Crippen molar-refractivity contribution in [2.75, 3.05) is 13.1 Å². The second-order valence-corrected chi connectivity index (χ2v) is 8.99. The molecule has 11 N–H and O–H groups in total. The van der Waals surface area contributed by atoms with Gasteiger partial charge in [-0.2, -0.15) is 0 Å². The monoisotopic (exact) mass is 488 g/mol. The van der Waals surface area contributed by atoms with Crippen LogP contribution in [0.4, 0.5) is 0 Å². The number of carboxylic acids is 1. The molecule has 0 aromatic carbocycles. The van der Waals surface area contributed by atoms with E-state index in [1.165, 1.54) is 6.92 Å². The molecule has 0 aliphatic heterocycles. The van der Waals surface area contributed by atoms with Gasteiger partial charge in [0.2, 0.25) is 17.7 Å². The van der Waals surface area contributed by atoms with Crippen molar-refractivity contribution in [2.24, 2.45) is 23.1 Å². The molecule has 0 saturated heterocycles. The van der Waals surface area contributed by atoms with Crippen LogP contribution in [0.15, 0.2) is 0 Å². The third-order valence-corrected chi connectivity index (χ3v) is 5.27. The first-order valence-corrected chi connectivity index (χ1v) is 11.9. The summed E-state index contributed by atoms with van der Waals surface area (Å²) in [5.74, 6) is -3.07. The van der Waals surface area contributed by atoms with E-state index in [0.717, 1.165) is 0 Å². The molecule has 5 unspecified atom stereocenters. The number of nitrogens with one attached hydrogen (secondary N) is 3. The molecule has 0 heterocycles. The van der Waals surface area contributed by atoms with Crippen molar-refractivity contribution in [1.82, 2.24) is 16.0 Å². The van der Waals surface area contributed by atoms with Gasteiger partial charge in [0.15, 0.2) is 0 Å². The third-order valence-electron chi connectivity index (χ3n) is 5.27. The molecule has 0 aromatic rings. The van der Waals surface area contributed by atoms with Gasteiger partial charge >= 0.3 is 5.97 Å². The zero-order chi connectivity index (χ0) is 26.3. The largest absolute Gasteiger partial charge is 0.480 e. The minimum Gasteiger partial charge on any atom is -0.480 e. The second-order valence-electron chi connectivity index (χ2n) is 8.99. The van der Waals surface area contributed by atoms with Crippen LogP contribution in [0.5, 0.6) is 0 Å². The molecule has 0 radical (unpaired) electrons. The highest BCUT2D eigenvalue weighted by Crippen LogP contribution is 2.07. The number of carbonyl (C=O) groups is 4. The number of carboxylic acid groups (broad SMARTS) is 1. The minimum absolute atomic E-state index is 0.155. The van der Waals surface area contributed by atoms with Crippen molar-refractivity contribution in [1.29, 1.82) is 0 Å². The number of aliphatic hydroxyl groups is 1. The Morgan fingerprint density at radius 1 is 0.765 bits per heavy atom. The summed E-state index contributed by atoms with van der Waals surface area (Å²) in [5.41, 5.74) is 16.8. The predicted octanol–water partition coefficient (Wildman–Crippen LogP) is -1.46. The van der Waals surface area contributed by atoms with Crippen LogP contribution in [0.25, 0.3) is 0 Å². The maximum atomic E-state index is 12.9. The highest BCUT2D eigenvalue weighted by atomic mass is 16.4. The summed E-state index contributed by atoms with van der Waals surface area (Å²) in [7, 11) is 0. The van der Waals surface area contributed by atoms with Crippen molar-refractivity contribution < 1.29 is 29.4 Å². The molecule has 198 valence electrons. The standard InChI is InChI=1S/C22H44N6O6/c1-13(2)12-15(25)19(30)28-18(14(3)29)21(32)26-16(8-4-6-10-23)20(31)27-17(22(33)34)9-5-7-11-24/h13-18,29H,4-12,23-25H2,1-3H3,(H,26,32)(H,27,31)(H,28,30)(H,33,34). The van der Waals surface area contributed by atoms with Gasteiger partial charge < -0.3 is 43.4 Å². The molecular formula is C22H44N6O6. The molecule has 0 spiro atoms.